The zero-order valence-electron chi connectivity index (χ0n) is 11.5. The van der Waals surface area contributed by atoms with Crippen molar-refractivity contribution in [3.05, 3.63) is 35.4 Å². The Bertz CT molecular complexity index is 444. The lowest BCUT2D eigenvalue weighted by Crippen LogP contribution is -2.45. The molecule has 2 fully saturated rings. The smallest absolute Gasteiger partial charge is 0.234 e. The van der Waals surface area contributed by atoms with Crippen LogP contribution >= 0.6 is 0 Å². The second kappa shape index (κ2) is 5.33. The molecule has 0 spiro atoms. The molecule has 2 aliphatic carbocycles. The zero-order chi connectivity index (χ0) is 13.2. The summed E-state index contributed by atoms with van der Waals surface area (Å²) in [4.78, 5) is 11.6. The summed E-state index contributed by atoms with van der Waals surface area (Å²) in [5.41, 5.74) is 2.75. The fourth-order valence-electron chi connectivity index (χ4n) is 2.64. The van der Waals surface area contributed by atoms with Gasteiger partial charge in [-0.05, 0) is 44.1 Å². The van der Waals surface area contributed by atoms with Crippen LogP contribution in [0.2, 0.25) is 0 Å². The number of rotatable bonds is 5. The van der Waals surface area contributed by atoms with E-state index in [1.54, 1.807) is 0 Å². The molecule has 3 rings (SSSR count). The number of carbonyl (C=O) groups is 1. The lowest BCUT2D eigenvalue weighted by Gasteiger charge is -2.36. The van der Waals surface area contributed by atoms with Crippen LogP contribution in [-0.2, 0) is 4.79 Å². The summed E-state index contributed by atoms with van der Waals surface area (Å²) in [6.45, 7) is 2.59. The molecule has 0 unspecified atom stereocenters. The number of amides is 1. The van der Waals surface area contributed by atoms with E-state index in [0.717, 1.165) is 25.7 Å². The van der Waals surface area contributed by atoms with Crippen LogP contribution in [0.25, 0.3) is 0 Å². The number of hydrogen-bond acceptors (Lipinski definition) is 2. The topological polar surface area (TPSA) is 41.1 Å². The van der Waals surface area contributed by atoms with Crippen molar-refractivity contribution < 1.29 is 4.79 Å². The highest BCUT2D eigenvalue weighted by molar-refractivity contribution is 5.78. The maximum absolute atomic E-state index is 11.6. The van der Waals surface area contributed by atoms with E-state index < -0.39 is 0 Å². The SMILES string of the molecule is Cc1ccc(C2CC(NCC(=O)NC3CC3)C2)cc1. The van der Waals surface area contributed by atoms with Gasteiger partial charge in [-0.25, -0.2) is 0 Å². The Balaban J connectivity index is 1.37. The van der Waals surface area contributed by atoms with Gasteiger partial charge in [0.05, 0.1) is 6.54 Å². The standard InChI is InChI=1S/C16H22N2O/c1-11-2-4-12(5-3-11)13-8-15(9-13)17-10-16(19)18-14-6-7-14/h2-5,13-15,17H,6-10H2,1H3,(H,18,19). The van der Waals surface area contributed by atoms with E-state index in [-0.39, 0.29) is 5.91 Å². The third-order valence-corrected chi connectivity index (χ3v) is 4.18. The van der Waals surface area contributed by atoms with Crippen molar-refractivity contribution in [1.82, 2.24) is 10.6 Å². The van der Waals surface area contributed by atoms with E-state index in [1.807, 2.05) is 0 Å². The largest absolute Gasteiger partial charge is 0.352 e. The summed E-state index contributed by atoms with van der Waals surface area (Å²) in [7, 11) is 0. The Morgan fingerprint density at radius 2 is 1.84 bits per heavy atom. The molecule has 0 aromatic heterocycles. The molecule has 1 amide bonds. The van der Waals surface area contributed by atoms with Crippen molar-refractivity contribution >= 4 is 5.91 Å². The third-order valence-electron chi connectivity index (χ3n) is 4.18. The molecule has 0 saturated heterocycles. The van der Waals surface area contributed by atoms with Gasteiger partial charge in [0, 0.05) is 12.1 Å². The van der Waals surface area contributed by atoms with Crippen LogP contribution in [-0.4, -0.2) is 24.5 Å². The van der Waals surface area contributed by atoms with Gasteiger partial charge in [-0.1, -0.05) is 29.8 Å². The van der Waals surface area contributed by atoms with E-state index in [2.05, 4.69) is 41.8 Å². The van der Waals surface area contributed by atoms with Gasteiger partial charge in [0.25, 0.3) is 0 Å². The van der Waals surface area contributed by atoms with Crippen molar-refractivity contribution in [2.75, 3.05) is 6.54 Å². The second-order valence-electron chi connectivity index (χ2n) is 6.00. The van der Waals surface area contributed by atoms with Gasteiger partial charge in [0.15, 0.2) is 0 Å². The summed E-state index contributed by atoms with van der Waals surface area (Å²) in [6, 6.07) is 9.80. The normalized spacial score (nSPS) is 25.7. The first-order chi connectivity index (χ1) is 9.20. The fourth-order valence-corrected chi connectivity index (χ4v) is 2.64. The van der Waals surface area contributed by atoms with Crippen LogP contribution in [0.5, 0.6) is 0 Å². The van der Waals surface area contributed by atoms with E-state index in [4.69, 9.17) is 0 Å². The maximum atomic E-state index is 11.6. The third kappa shape index (κ3) is 3.35. The molecule has 1 aromatic rings. The second-order valence-corrected chi connectivity index (χ2v) is 6.00. The number of carbonyl (C=O) groups excluding carboxylic acids is 1. The molecule has 102 valence electrons. The van der Waals surface area contributed by atoms with Gasteiger partial charge in [-0.3, -0.25) is 4.79 Å². The van der Waals surface area contributed by atoms with E-state index >= 15 is 0 Å². The summed E-state index contributed by atoms with van der Waals surface area (Å²) in [5.74, 6) is 0.825. The van der Waals surface area contributed by atoms with Crippen molar-refractivity contribution in [2.45, 2.75) is 50.6 Å². The molecule has 0 atom stereocenters. The predicted molar refractivity (Wildman–Crippen MR) is 76.1 cm³/mol. The molecule has 1 aromatic carbocycles. The number of hydrogen-bond donors (Lipinski definition) is 2. The van der Waals surface area contributed by atoms with E-state index in [1.165, 1.54) is 11.1 Å². The molecule has 0 heterocycles. The van der Waals surface area contributed by atoms with Crippen LogP contribution in [0.3, 0.4) is 0 Å². The van der Waals surface area contributed by atoms with Crippen LogP contribution in [0.15, 0.2) is 24.3 Å². The molecule has 2 aliphatic rings. The van der Waals surface area contributed by atoms with Crippen LogP contribution in [0, 0.1) is 6.92 Å². The maximum Gasteiger partial charge on any atom is 0.234 e. The van der Waals surface area contributed by atoms with Gasteiger partial charge >= 0.3 is 0 Å². The molecule has 2 N–H and O–H groups in total. The minimum absolute atomic E-state index is 0.154. The van der Waals surface area contributed by atoms with Crippen LogP contribution in [0.4, 0.5) is 0 Å². The van der Waals surface area contributed by atoms with Gasteiger partial charge in [-0.2, -0.15) is 0 Å². The molecule has 0 radical (unpaired) electrons. The number of nitrogens with one attached hydrogen (secondary N) is 2. The molecular weight excluding hydrogens is 236 g/mol. The van der Waals surface area contributed by atoms with Crippen LogP contribution in [0.1, 0.15) is 42.7 Å². The van der Waals surface area contributed by atoms with E-state index in [0.29, 0.717) is 24.5 Å². The first kappa shape index (κ1) is 12.7. The summed E-state index contributed by atoms with van der Waals surface area (Å²) < 4.78 is 0. The summed E-state index contributed by atoms with van der Waals surface area (Å²) >= 11 is 0. The highest BCUT2D eigenvalue weighted by Crippen LogP contribution is 2.36. The summed E-state index contributed by atoms with van der Waals surface area (Å²) in [5, 5.41) is 6.36. The van der Waals surface area contributed by atoms with E-state index in [9.17, 15) is 4.79 Å². The van der Waals surface area contributed by atoms with Gasteiger partial charge in [0.2, 0.25) is 5.91 Å². The Labute approximate surface area is 114 Å². The molecule has 3 nitrogen and oxygen atoms in total. The molecule has 0 aliphatic heterocycles. The van der Waals surface area contributed by atoms with Crippen molar-refractivity contribution in [1.29, 1.82) is 0 Å². The van der Waals surface area contributed by atoms with Gasteiger partial charge < -0.3 is 10.6 Å². The van der Waals surface area contributed by atoms with Gasteiger partial charge in [0.1, 0.15) is 0 Å². The number of aryl methyl sites for hydroxylation is 1. The first-order valence-corrected chi connectivity index (χ1v) is 7.30. The summed E-state index contributed by atoms with van der Waals surface area (Å²) in [6.07, 6.45) is 4.62. The van der Waals surface area contributed by atoms with Crippen molar-refractivity contribution in [3.63, 3.8) is 0 Å². The Hall–Kier alpha value is -1.35. The minimum atomic E-state index is 0.154. The zero-order valence-corrected chi connectivity index (χ0v) is 11.5. The Morgan fingerprint density at radius 3 is 2.47 bits per heavy atom. The molecule has 2 saturated carbocycles. The van der Waals surface area contributed by atoms with Crippen molar-refractivity contribution in [3.8, 4) is 0 Å². The average molecular weight is 258 g/mol. The molecular formula is C16H22N2O. The lowest BCUT2D eigenvalue weighted by atomic mass is 9.76. The van der Waals surface area contributed by atoms with Crippen LogP contribution < -0.4 is 10.6 Å². The average Bonchev–Trinajstić information content (AvgIpc) is 3.13. The van der Waals surface area contributed by atoms with Gasteiger partial charge in [-0.15, -0.1) is 0 Å². The quantitative estimate of drug-likeness (QED) is 0.849. The number of benzene rings is 1. The highest BCUT2D eigenvalue weighted by Gasteiger charge is 2.30. The first-order valence-electron chi connectivity index (χ1n) is 7.30. The lowest BCUT2D eigenvalue weighted by molar-refractivity contribution is -0.120. The Morgan fingerprint density at radius 1 is 1.16 bits per heavy atom. The fraction of sp³-hybridized carbons (Fsp3) is 0.562. The predicted octanol–water partition coefficient (Wildman–Crippen LogP) is 2.11. The molecule has 19 heavy (non-hydrogen) atoms. The van der Waals surface area contributed by atoms with Crippen molar-refractivity contribution in [2.24, 2.45) is 0 Å². The molecule has 3 heteroatoms. The molecule has 0 bridgehead atoms. The minimum Gasteiger partial charge on any atom is -0.352 e. The monoisotopic (exact) mass is 258 g/mol. The highest BCUT2D eigenvalue weighted by atomic mass is 16.2. The Kier molecular flexibility index (Phi) is 3.56.